The van der Waals surface area contributed by atoms with Crippen molar-refractivity contribution in [1.82, 2.24) is 10.2 Å². The van der Waals surface area contributed by atoms with E-state index in [0.29, 0.717) is 35.9 Å². The number of nitrogens with zero attached hydrogens (tertiary/aromatic N) is 2. The van der Waals surface area contributed by atoms with Crippen LogP contribution in [0.15, 0.2) is 71.2 Å². The Bertz CT molecular complexity index is 1680. The molecule has 6 rings (SSSR count). The van der Waals surface area contributed by atoms with Gasteiger partial charge in [0.2, 0.25) is 11.8 Å². The largest absolute Gasteiger partial charge is 0.455 e. The third kappa shape index (κ3) is 6.79. The Kier molecular flexibility index (Phi) is 11.0. The molecule has 266 valence electrons. The Morgan fingerprint density at radius 2 is 1.72 bits per heavy atom. The molecule has 50 heavy (non-hydrogen) atoms. The second-order valence-corrected chi connectivity index (χ2v) is 14.8. The summed E-state index contributed by atoms with van der Waals surface area (Å²) in [6, 6.07) is 13.6. The number of carbonyl (C=O) groups is 4. The lowest BCUT2D eigenvalue weighted by Crippen LogP contribution is -2.56. The minimum Gasteiger partial charge on any atom is -0.455 e. The molecule has 7 atom stereocenters. The number of esters is 1. The van der Waals surface area contributed by atoms with Gasteiger partial charge in [0.25, 0.3) is 5.91 Å². The normalized spacial score (nSPS) is 30.6. The quantitative estimate of drug-likeness (QED) is 0.216. The lowest BCUT2D eigenvalue weighted by Gasteiger charge is -2.36. The average molecular weight is 749 g/mol. The van der Waals surface area contributed by atoms with Gasteiger partial charge in [-0.25, -0.2) is 0 Å². The van der Waals surface area contributed by atoms with Gasteiger partial charge in [-0.15, -0.1) is 0 Å². The fraction of sp³-hybridized carbons (Fsp3) is 0.487. The van der Waals surface area contributed by atoms with Crippen LogP contribution in [-0.2, 0) is 28.7 Å². The summed E-state index contributed by atoms with van der Waals surface area (Å²) in [6.07, 6.45) is 7.47. The number of hydrogen-bond acceptors (Lipinski definition) is 7. The topological polar surface area (TPSA) is 125 Å². The summed E-state index contributed by atoms with van der Waals surface area (Å²) < 4.78 is 13.6. The molecule has 2 aromatic carbocycles. The van der Waals surface area contributed by atoms with E-state index in [2.05, 4.69) is 21.2 Å². The third-order valence-electron chi connectivity index (χ3n) is 10.4. The molecule has 0 saturated carbocycles. The summed E-state index contributed by atoms with van der Waals surface area (Å²) in [5.41, 5.74) is 1.90. The maximum Gasteiger partial charge on any atom is 0.313 e. The monoisotopic (exact) mass is 747 g/mol. The predicted molar refractivity (Wildman–Crippen MR) is 192 cm³/mol. The zero-order valence-electron chi connectivity index (χ0n) is 28.8. The van der Waals surface area contributed by atoms with Crippen LogP contribution in [0.2, 0.25) is 0 Å². The number of hydrogen-bond donors (Lipinski definition) is 2. The van der Waals surface area contributed by atoms with Crippen molar-refractivity contribution < 1.29 is 33.8 Å². The van der Waals surface area contributed by atoms with Gasteiger partial charge in [-0.05, 0) is 68.9 Å². The molecular formula is C39H46BrN3O7. The Morgan fingerprint density at radius 3 is 2.48 bits per heavy atom. The highest BCUT2D eigenvalue weighted by Crippen LogP contribution is 2.59. The Balaban J connectivity index is 1.45. The molecule has 0 radical (unpaired) electrons. The number of aryl methyl sites for hydroxylation is 2. The van der Waals surface area contributed by atoms with Gasteiger partial charge in [0, 0.05) is 36.3 Å². The summed E-state index contributed by atoms with van der Waals surface area (Å²) >= 11 is 3.64. The summed E-state index contributed by atoms with van der Waals surface area (Å²) in [5, 5.41) is 12.3. The zero-order valence-corrected chi connectivity index (χ0v) is 30.4. The van der Waals surface area contributed by atoms with Crippen molar-refractivity contribution in [3.63, 3.8) is 0 Å². The van der Waals surface area contributed by atoms with Crippen molar-refractivity contribution in [2.75, 3.05) is 24.6 Å². The van der Waals surface area contributed by atoms with E-state index in [1.807, 2.05) is 80.6 Å². The molecule has 2 N–H and O–H groups in total. The van der Waals surface area contributed by atoms with Crippen LogP contribution in [-0.4, -0.2) is 77.2 Å². The molecule has 3 amide bonds. The van der Waals surface area contributed by atoms with Gasteiger partial charge < -0.3 is 29.7 Å². The van der Waals surface area contributed by atoms with Gasteiger partial charge in [0.1, 0.15) is 29.8 Å². The van der Waals surface area contributed by atoms with Crippen molar-refractivity contribution in [3.05, 3.63) is 87.9 Å². The molecule has 5 bridgehead atoms. The van der Waals surface area contributed by atoms with Crippen LogP contribution >= 0.6 is 15.9 Å². The minimum atomic E-state index is -1.40. The number of allylic oxidation sites excluding steroid dienone is 1. The fourth-order valence-corrected chi connectivity index (χ4v) is 8.67. The van der Waals surface area contributed by atoms with E-state index in [1.165, 1.54) is 0 Å². The minimum absolute atomic E-state index is 0.0946. The molecule has 11 heteroatoms. The summed E-state index contributed by atoms with van der Waals surface area (Å²) in [7, 11) is 0. The van der Waals surface area contributed by atoms with Crippen molar-refractivity contribution >= 4 is 45.3 Å². The number of amides is 3. The first-order valence-electron chi connectivity index (χ1n) is 17.6. The molecule has 10 nitrogen and oxygen atoms in total. The van der Waals surface area contributed by atoms with Crippen LogP contribution in [0, 0.1) is 25.7 Å². The number of aliphatic hydroxyl groups excluding tert-OH is 1. The van der Waals surface area contributed by atoms with Crippen LogP contribution in [0.5, 0.6) is 0 Å². The molecule has 2 aromatic rings. The van der Waals surface area contributed by atoms with Crippen LogP contribution in [0.3, 0.4) is 0 Å². The van der Waals surface area contributed by atoms with Crippen LogP contribution in [0.25, 0.3) is 0 Å². The molecule has 0 aliphatic carbocycles. The smallest absolute Gasteiger partial charge is 0.313 e. The van der Waals surface area contributed by atoms with Crippen molar-refractivity contribution in [2.45, 2.75) is 89.2 Å². The summed E-state index contributed by atoms with van der Waals surface area (Å²) in [5.74, 6) is -3.44. The summed E-state index contributed by atoms with van der Waals surface area (Å²) in [4.78, 5) is 60.6. The number of cyclic esters (lactones) is 1. The van der Waals surface area contributed by atoms with Gasteiger partial charge in [-0.3, -0.25) is 19.2 Å². The molecular weight excluding hydrogens is 702 g/mol. The Hall–Kier alpha value is -3.80. The van der Waals surface area contributed by atoms with E-state index >= 15 is 4.79 Å². The van der Waals surface area contributed by atoms with Gasteiger partial charge in [-0.1, -0.05) is 83.4 Å². The van der Waals surface area contributed by atoms with E-state index in [0.717, 1.165) is 29.7 Å². The lowest BCUT2D eigenvalue weighted by atomic mass is 9.74. The number of likely N-dealkylation sites (tertiary alicyclic amines) is 1. The standard InChI is InChI=1S/C39H46BrN3O7/c1-24-17-18-25(2)29(22-24)42-19-12-7-10-16-30(45)41-26(3)33(27-14-8-6-9-15-27)49-38(48)31-32-36(46)43(20-11-4-5-13-21-44)35(37(42)47)39(32)23-28(40)34(31)50-39/h6-9,12,14-15,17-18,22-23,26,31-35,44H,4-5,10-11,13,16,19-21H2,1-3H3,(H,41,45)/b12-7-/t26-,31+,32-,33+,34+,35+,39-/m0/s1. The molecule has 4 aliphatic heterocycles. The first-order chi connectivity index (χ1) is 24.1. The van der Waals surface area contributed by atoms with E-state index < -0.39 is 47.7 Å². The van der Waals surface area contributed by atoms with E-state index in [1.54, 1.807) is 16.7 Å². The van der Waals surface area contributed by atoms with E-state index in [-0.39, 0.29) is 37.3 Å². The van der Waals surface area contributed by atoms with Crippen molar-refractivity contribution in [3.8, 4) is 0 Å². The second-order valence-electron chi connectivity index (χ2n) is 13.9. The van der Waals surface area contributed by atoms with E-state index in [4.69, 9.17) is 9.47 Å². The number of aliphatic hydroxyl groups is 1. The molecule has 4 heterocycles. The number of rotatable bonds is 8. The highest BCUT2D eigenvalue weighted by atomic mass is 79.9. The Labute approximate surface area is 302 Å². The highest BCUT2D eigenvalue weighted by Gasteiger charge is 2.75. The molecule has 2 fully saturated rings. The number of halogens is 1. The number of fused-ring (bicyclic) bond motifs is 2. The first-order valence-corrected chi connectivity index (χ1v) is 18.4. The number of anilines is 1. The number of unbranched alkanes of at least 4 members (excludes halogenated alkanes) is 3. The number of nitrogens with one attached hydrogen (secondary N) is 1. The van der Waals surface area contributed by atoms with Gasteiger partial charge in [0.15, 0.2) is 0 Å². The predicted octanol–water partition coefficient (Wildman–Crippen LogP) is 5.20. The SMILES string of the molecule is Cc1ccc(C)c(N2C/C=C\CCC(=O)N[C@@H](C)[C@H](c3ccccc3)OC(=O)[C@H]3[C@@H]4O[C@@]5(C=C4Br)[C@@H]3C(=O)N(CCCCCCO)[C@@H]5C2=O)c1. The summed E-state index contributed by atoms with van der Waals surface area (Å²) in [6.45, 7) is 6.33. The zero-order chi connectivity index (χ0) is 35.6. The first kappa shape index (κ1) is 36.0. The van der Waals surface area contributed by atoms with Crippen molar-refractivity contribution in [1.29, 1.82) is 0 Å². The molecule has 1 spiro atoms. The van der Waals surface area contributed by atoms with E-state index in [9.17, 15) is 19.5 Å². The van der Waals surface area contributed by atoms with Crippen LogP contribution in [0.4, 0.5) is 5.69 Å². The molecule has 2 saturated heterocycles. The fourth-order valence-electron chi connectivity index (χ4n) is 7.94. The second kappa shape index (κ2) is 15.2. The van der Waals surface area contributed by atoms with Gasteiger partial charge in [0.05, 0.1) is 12.0 Å². The van der Waals surface area contributed by atoms with Crippen LogP contribution in [0.1, 0.15) is 68.2 Å². The van der Waals surface area contributed by atoms with Crippen molar-refractivity contribution in [2.24, 2.45) is 11.8 Å². The third-order valence-corrected chi connectivity index (χ3v) is 11.0. The van der Waals surface area contributed by atoms with Gasteiger partial charge in [-0.2, -0.15) is 0 Å². The maximum absolute atomic E-state index is 15.2. The maximum atomic E-state index is 15.2. The van der Waals surface area contributed by atoms with Crippen LogP contribution < -0.4 is 10.2 Å². The van der Waals surface area contributed by atoms with Gasteiger partial charge >= 0.3 is 5.97 Å². The molecule has 0 aromatic heterocycles. The highest BCUT2D eigenvalue weighted by molar-refractivity contribution is 9.11. The molecule has 4 aliphatic rings. The molecule has 0 unspecified atom stereocenters. The number of carbonyl (C=O) groups excluding carboxylic acids is 4. The number of ether oxygens (including phenoxy) is 2. The average Bonchev–Trinajstić information content (AvgIpc) is 3.69. The number of benzene rings is 2. The Morgan fingerprint density at radius 1 is 0.960 bits per heavy atom. The lowest BCUT2D eigenvalue weighted by molar-refractivity contribution is -0.161.